The second kappa shape index (κ2) is 17.9. The van der Waals surface area contributed by atoms with E-state index in [1.165, 1.54) is 108 Å². The summed E-state index contributed by atoms with van der Waals surface area (Å²) in [5.41, 5.74) is 1.33. The zero-order valence-corrected chi connectivity index (χ0v) is 20.1. The fourth-order valence-corrected chi connectivity index (χ4v) is 4.29. The molecule has 0 N–H and O–H groups in total. The van der Waals surface area contributed by atoms with Crippen molar-refractivity contribution in [1.82, 2.24) is 0 Å². The predicted molar refractivity (Wildman–Crippen MR) is 136 cm³/mol. The first-order chi connectivity index (χ1) is 15.4. The third-order valence-electron chi connectivity index (χ3n) is 6.24. The molecule has 0 aliphatic carbocycles. The van der Waals surface area contributed by atoms with E-state index in [4.69, 9.17) is 4.74 Å². The molecule has 0 amide bonds. The van der Waals surface area contributed by atoms with Crippen LogP contribution in [-0.4, -0.2) is 0 Å². The molecule has 0 aliphatic rings. The quantitative estimate of drug-likeness (QED) is 0.205. The van der Waals surface area contributed by atoms with Gasteiger partial charge in [0, 0.05) is 0 Å². The summed E-state index contributed by atoms with van der Waals surface area (Å²) in [4.78, 5) is 0. The Kier molecular flexibility index (Phi) is 14.7. The van der Waals surface area contributed by atoms with Crippen molar-refractivity contribution in [3.05, 3.63) is 60.2 Å². The van der Waals surface area contributed by atoms with Crippen molar-refractivity contribution in [2.24, 2.45) is 0 Å². The third-order valence-corrected chi connectivity index (χ3v) is 6.24. The van der Waals surface area contributed by atoms with Gasteiger partial charge in [0.1, 0.15) is 11.5 Å². The van der Waals surface area contributed by atoms with Crippen LogP contribution in [0.15, 0.2) is 54.6 Å². The maximum Gasteiger partial charge on any atom is 0.130 e. The molecule has 2 aromatic carbocycles. The summed E-state index contributed by atoms with van der Waals surface area (Å²) in [5, 5.41) is 0. The van der Waals surface area contributed by atoms with E-state index in [1.807, 2.05) is 30.3 Å². The molecular formula is C30H46O. The smallest absolute Gasteiger partial charge is 0.130 e. The van der Waals surface area contributed by atoms with Gasteiger partial charge in [-0.3, -0.25) is 0 Å². The van der Waals surface area contributed by atoms with Crippen molar-refractivity contribution in [3.63, 3.8) is 0 Å². The Balaban J connectivity index is 1.42. The topological polar surface area (TPSA) is 9.23 Å². The summed E-state index contributed by atoms with van der Waals surface area (Å²) in [6.07, 6.45) is 23.8. The summed E-state index contributed by atoms with van der Waals surface area (Å²) >= 11 is 0. The summed E-state index contributed by atoms with van der Waals surface area (Å²) in [6, 6.07) is 18.6. The number of benzene rings is 2. The fraction of sp³-hybridized carbons (Fsp3) is 0.600. The van der Waals surface area contributed by atoms with Crippen molar-refractivity contribution in [3.8, 4) is 11.5 Å². The predicted octanol–water partition coefficient (Wildman–Crippen LogP) is 10.3. The van der Waals surface area contributed by atoms with E-state index >= 15 is 0 Å². The van der Waals surface area contributed by atoms with Gasteiger partial charge in [0.05, 0.1) is 0 Å². The standard InChI is InChI=1S/C30H46O/c1-2-3-4-5-6-7-8-9-10-11-12-13-14-15-16-18-23-28-24-21-22-27-30(28)31-29-25-19-17-20-26-29/h17,19-22,24-27H,2-16,18,23H2,1H3. The number of para-hydroxylation sites is 2. The van der Waals surface area contributed by atoms with Crippen LogP contribution < -0.4 is 4.74 Å². The molecule has 0 saturated carbocycles. The highest BCUT2D eigenvalue weighted by Gasteiger charge is 2.04. The molecule has 1 heteroatoms. The van der Waals surface area contributed by atoms with Gasteiger partial charge in [-0.05, 0) is 36.6 Å². The summed E-state index contributed by atoms with van der Waals surface area (Å²) in [5.74, 6) is 1.93. The lowest BCUT2D eigenvalue weighted by Crippen LogP contribution is -1.92. The van der Waals surface area contributed by atoms with Gasteiger partial charge in [-0.1, -0.05) is 140 Å². The number of rotatable bonds is 19. The summed E-state index contributed by atoms with van der Waals surface area (Å²) in [7, 11) is 0. The van der Waals surface area contributed by atoms with E-state index in [2.05, 4.69) is 31.2 Å². The number of ether oxygens (including phenoxy) is 1. The van der Waals surface area contributed by atoms with Gasteiger partial charge >= 0.3 is 0 Å². The maximum absolute atomic E-state index is 6.09. The lowest BCUT2D eigenvalue weighted by atomic mass is 10.0. The number of hydrogen-bond donors (Lipinski definition) is 0. The molecule has 0 fully saturated rings. The molecule has 0 radical (unpaired) electrons. The lowest BCUT2D eigenvalue weighted by Gasteiger charge is -2.11. The van der Waals surface area contributed by atoms with Crippen LogP contribution in [0.25, 0.3) is 0 Å². The molecule has 2 aromatic rings. The van der Waals surface area contributed by atoms with E-state index in [-0.39, 0.29) is 0 Å². The first kappa shape index (κ1) is 25.5. The van der Waals surface area contributed by atoms with Gasteiger partial charge in [0.25, 0.3) is 0 Å². The Morgan fingerprint density at radius 3 is 1.48 bits per heavy atom. The second-order valence-corrected chi connectivity index (χ2v) is 9.08. The van der Waals surface area contributed by atoms with E-state index in [0.717, 1.165) is 17.9 Å². The SMILES string of the molecule is CCCCCCCCCCCCCCCCCCc1ccccc1Oc1ccccc1. The minimum absolute atomic E-state index is 0.918. The van der Waals surface area contributed by atoms with E-state index in [1.54, 1.807) is 0 Å². The second-order valence-electron chi connectivity index (χ2n) is 9.08. The van der Waals surface area contributed by atoms with Gasteiger partial charge in [-0.25, -0.2) is 0 Å². The minimum atomic E-state index is 0.918. The molecule has 0 bridgehead atoms. The molecule has 0 saturated heterocycles. The highest BCUT2D eigenvalue weighted by atomic mass is 16.5. The summed E-state index contributed by atoms with van der Waals surface area (Å²) in [6.45, 7) is 2.29. The minimum Gasteiger partial charge on any atom is -0.457 e. The molecule has 0 aliphatic heterocycles. The van der Waals surface area contributed by atoms with Gasteiger partial charge in [-0.2, -0.15) is 0 Å². The Morgan fingerprint density at radius 1 is 0.484 bits per heavy atom. The molecular weight excluding hydrogens is 376 g/mol. The lowest BCUT2D eigenvalue weighted by molar-refractivity contribution is 0.474. The number of hydrogen-bond acceptors (Lipinski definition) is 1. The Bertz CT molecular complexity index is 648. The summed E-state index contributed by atoms with van der Waals surface area (Å²) < 4.78 is 6.09. The molecule has 0 unspecified atom stereocenters. The van der Waals surface area contributed by atoms with Gasteiger partial charge in [-0.15, -0.1) is 0 Å². The van der Waals surface area contributed by atoms with Crippen molar-refractivity contribution in [2.75, 3.05) is 0 Å². The van der Waals surface area contributed by atoms with Gasteiger partial charge < -0.3 is 4.74 Å². The van der Waals surface area contributed by atoms with Crippen molar-refractivity contribution < 1.29 is 4.74 Å². The van der Waals surface area contributed by atoms with Crippen molar-refractivity contribution in [1.29, 1.82) is 0 Å². The van der Waals surface area contributed by atoms with Crippen molar-refractivity contribution >= 4 is 0 Å². The largest absolute Gasteiger partial charge is 0.457 e. The van der Waals surface area contributed by atoms with Crippen LogP contribution in [0.4, 0.5) is 0 Å². The zero-order valence-electron chi connectivity index (χ0n) is 20.1. The maximum atomic E-state index is 6.09. The Labute approximate surface area is 192 Å². The first-order valence-corrected chi connectivity index (χ1v) is 13.2. The first-order valence-electron chi connectivity index (χ1n) is 13.2. The Morgan fingerprint density at radius 2 is 0.935 bits per heavy atom. The third kappa shape index (κ3) is 12.6. The van der Waals surface area contributed by atoms with Gasteiger partial charge in [0.15, 0.2) is 0 Å². The zero-order chi connectivity index (χ0) is 21.8. The van der Waals surface area contributed by atoms with Crippen LogP contribution in [-0.2, 0) is 6.42 Å². The molecule has 0 spiro atoms. The van der Waals surface area contributed by atoms with E-state index in [0.29, 0.717) is 0 Å². The highest BCUT2D eigenvalue weighted by molar-refractivity contribution is 5.37. The van der Waals surface area contributed by atoms with Crippen LogP contribution >= 0.6 is 0 Å². The average molecular weight is 423 g/mol. The normalized spacial score (nSPS) is 11.0. The monoisotopic (exact) mass is 422 g/mol. The molecule has 2 rings (SSSR count). The molecule has 1 nitrogen and oxygen atoms in total. The Hall–Kier alpha value is -1.76. The highest BCUT2D eigenvalue weighted by Crippen LogP contribution is 2.26. The van der Waals surface area contributed by atoms with E-state index < -0.39 is 0 Å². The number of unbranched alkanes of at least 4 members (excludes halogenated alkanes) is 15. The van der Waals surface area contributed by atoms with Gasteiger partial charge in [0.2, 0.25) is 0 Å². The average Bonchev–Trinajstić information content (AvgIpc) is 2.80. The molecule has 0 heterocycles. The molecule has 31 heavy (non-hydrogen) atoms. The molecule has 0 aromatic heterocycles. The number of aryl methyl sites for hydroxylation is 1. The fourth-order valence-electron chi connectivity index (χ4n) is 4.29. The molecule has 0 atom stereocenters. The van der Waals surface area contributed by atoms with Crippen LogP contribution in [0.1, 0.15) is 115 Å². The van der Waals surface area contributed by atoms with Crippen LogP contribution in [0.5, 0.6) is 11.5 Å². The molecule has 172 valence electrons. The van der Waals surface area contributed by atoms with Crippen LogP contribution in [0.3, 0.4) is 0 Å². The van der Waals surface area contributed by atoms with Crippen molar-refractivity contribution in [2.45, 2.75) is 116 Å². The van der Waals surface area contributed by atoms with Crippen LogP contribution in [0.2, 0.25) is 0 Å². The van der Waals surface area contributed by atoms with Crippen LogP contribution in [0, 0.1) is 0 Å². The van der Waals surface area contributed by atoms with E-state index in [9.17, 15) is 0 Å².